The van der Waals surface area contributed by atoms with Crippen LogP contribution in [0.1, 0.15) is 0 Å². The molecule has 0 aliphatic rings. The van der Waals surface area contributed by atoms with E-state index < -0.39 is 0 Å². The van der Waals surface area contributed by atoms with Crippen molar-refractivity contribution in [1.29, 1.82) is 0 Å². The van der Waals surface area contributed by atoms with E-state index in [0.29, 0.717) is 5.82 Å². The molecule has 0 aliphatic heterocycles. The van der Waals surface area contributed by atoms with Crippen molar-refractivity contribution in [2.24, 2.45) is 0 Å². The first kappa shape index (κ1) is 11.6. The zero-order valence-corrected chi connectivity index (χ0v) is 10.8. The predicted octanol–water partition coefficient (Wildman–Crippen LogP) is 2.05. The molecule has 0 radical (unpaired) electrons. The summed E-state index contributed by atoms with van der Waals surface area (Å²) in [5, 5.41) is 4.86. The van der Waals surface area contributed by atoms with Gasteiger partial charge >= 0.3 is 6.01 Å². The van der Waals surface area contributed by atoms with Gasteiger partial charge in [-0.2, -0.15) is 4.98 Å². The first-order valence-electron chi connectivity index (χ1n) is 6.28. The molecule has 4 heterocycles. The summed E-state index contributed by atoms with van der Waals surface area (Å²) in [5.74, 6) is 0.409. The molecular weight excluding hydrogens is 268 g/mol. The molecule has 0 saturated heterocycles. The van der Waals surface area contributed by atoms with Gasteiger partial charge in [0.05, 0.1) is 11.9 Å². The summed E-state index contributed by atoms with van der Waals surface area (Å²) in [6, 6.07) is 7.86. The Hall–Kier alpha value is -3.22. The quantitative estimate of drug-likeness (QED) is 0.603. The maximum Gasteiger partial charge on any atom is 0.319 e. The zero-order chi connectivity index (χ0) is 14.2. The van der Waals surface area contributed by atoms with Crippen LogP contribution in [0.25, 0.3) is 28.1 Å². The molecule has 0 fully saturated rings. The van der Waals surface area contributed by atoms with Crippen LogP contribution in [0.15, 0.2) is 53.6 Å². The fourth-order valence-electron chi connectivity index (χ4n) is 2.21. The summed E-state index contributed by atoms with van der Waals surface area (Å²) in [6.07, 6.45) is 7.12. The third kappa shape index (κ3) is 1.91. The zero-order valence-electron chi connectivity index (χ0n) is 10.8. The van der Waals surface area contributed by atoms with Gasteiger partial charge in [0, 0.05) is 29.5 Å². The van der Waals surface area contributed by atoms with Gasteiger partial charge in [0.25, 0.3) is 0 Å². The van der Waals surface area contributed by atoms with Crippen molar-refractivity contribution in [2.45, 2.75) is 0 Å². The van der Waals surface area contributed by atoms with E-state index in [1.165, 1.54) is 0 Å². The Balaban J connectivity index is 1.86. The van der Waals surface area contributed by atoms with Crippen LogP contribution in [-0.4, -0.2) is 24.7 Å². The van der Waals surface area contributed by atoms with Gasteiger partial charge in [0.1, 0.15) is 5.65 Å². The van der Waals surface area contributed by atoms with Crippen LogP contribution in [-0.2, 0) is 0 Å². The highest BCUT2D eigenvalue weighted by Gasteiger charge is 2.09. The van der Waals surface area contributed by atoms with Gasteiger partial charge in [0.2, 0.25) is 5.82 Å². The second kappa shape index (κ2) is 4.41. The summed E-state index contributed by atoms with van der Waals surface area (Å²) in [5.41, 5.74) is 7.90. The fraction of sp³-hybridized carbons (Fsp3) is 0. The van der Waals surface area contributed by atoms with Crippen LogP contribution >= 0.6 is 0 Å². The van der Waals surface area contributed by atoms with Gasteiger partial charge in [-0.15, -0.1) is 0 Å². The average Bonchev–Trinajstić information content (AvgIpc) is 3.13. The van der Waals surface area contributed by atoms with Crippen molar-refractivity contribution in [3.8, 4) is 17.1 Å². The summed E-state index contributed by atoms with van der Waals surface area (Å²) >= 11 is 0. The lowest BCUT2D eigenvalue weighted by Gasteiger charge is -2.05. The minimum Gasteiger partial charge on any atom is -0.351 e. The third-order valence-corrected chi connectivity index (χ3v) is 3.15. The van der Waals surface area contributed by atoms with Gasteiger partial charge in [-0.3, -0.25) is 9.55 Å². The molecule has 2 N–H and O–H groups in total. The maximum atomic E-state index is 5.45. The van der Waals surface area contributed by atoms with E-state index in [0.717, 1.165) is 22.3 Å². The van der Waals surface area contributed by atoms with Crippen molar-refractivity contribution in [1.82, 2.24) is 24.7 Å². The van der Waals surface area contributed by atoms with Crippen molar-refractivity contribution in [3.05, 3.63) is 49.1 Å². The van der Waals surface area contributed by atoms with Crippen LogP contribution in [0.4, 0.5) is 6.01 Å². The summed E-state index contributed by atoms with van der Waals surface area (Å²) in [4.78, 5) is 12.6. The Kier molecular flexibility index (Phi) is 2.43. The van der Waals surface area contributed by atoms with Gasteiger partial charge in [-0.05, 0) is 24.3 Å². The van der Waals surface area contributed by atoms with E-state index in [1.807, 2.05) is 35.0 Å². The number of rotatable bonds is 2. The first-order valence-corrected chi connectivity index (χ1v) is 6.28. The van der Waals surface area contributed by atoms with E-state index in [1.54, 1.807) is 18.6 Å². The van der Waals surface area contributed by atoms with Crippen molar-refractivity contribution < 1.29 is 4.52 Å². The number of hydrogen-bond acceptors (Lipinski definition) is 6. The highest BCUT2D eigenvalue weighted by molar-refractivity contribution is 5.78. The summed E-state index contributed by atoms with van der Waals surface area (Å²) in [6.45, 7) is 0. The van der Waals surface area contributed by atoms with Crippen LogP contribution in [0.2, 0.25) is 0 Å². The molecule has 102 valence electrons. The van der Waals surface area contributed by atoms with E-state index in [9.17, 15) is 0 Å². The van der Waals surface area contributed by atoms with Gasteiger partial charge in [-0.25, -0.2) is 4.98 Å². The fourth-order valence-corrected chi connectivity index (χ4v) is 2.21. The number of nitrogens with zero attached hydrogens (tertiary/aromatic N) is 5. The number of pyridine rings is 2. The molecule has 0 amide bonds. The smallest absolute Gasteiger partial charge is 0.319 e. The minimum atomic E-state index is 0.0310. The van der Waals surface area contributed by atoms with Crippen LogP contribution < -0.4 is 5.73 Å². The maximum absolute atomic E-state index is 5.45. The Morgan fingerprint density at radius 2 is 2.14 bits per heavy atom. The Labute approximate surface area is 119 Å². The van der Waals surface area contributed by atoms with Crippen LogP contribution in [0, 0.1) is 0 Å². The summed E-state index contributed by atoms with van der Waals surface area (Å²) in [7, 11) is 0. The summed E-state index contributed by atoms with van der Waals surface area (Å²) < 4.78 is 6.74. The second-order valence-electron chi connectivity index (χ2n) is 4.49. The van der Waals surface area contributed by atoms with E-state index >= 15 is 0 Å². The minimum absolute atomic E-state index is 0.0310. The molecule has 0 atom stereocenters. The lowest BCUT2D eigenvalue weighted by molar-refractivity contribution is 0.437. The number of nitrogen functional groups attached to an aromatic ring is 1. The molecule has 0 unspecified atom stereocenters. The SMILES string of the molecule is Nc1nc(-c2cncc(-n3ccc4cccnc43)c2)no1. The molecule has 0 saturated carbocycles. The van der Waals surface area contributed by atoms with E-state index in [-0.39, 0.29) is 6.01 Å². The first-order chi connectivity index (χ1) is 10.3. The standard InChI is InChI=1S/C14H10N6O/c15-14-18-12(19-21-14)10-6-11(8-16-7-10)20-5-3-9-2-1-4-17-13(9)20/h1-8H,(H2,15,18,19). The molecule has 4 rings (SSSR count). The molecule has 7 nitrogen and oxygen atoms in total. The molecular formula is C14H10N6O. The van der Waals surface area contributed by atoms with Gasteiger partial charge in [0.15, 0.2) is 0 Å². The Bertz CT molecular complexity index is 926. The number of anilines is 1. The normalized spacial score (nSPS) is 11.0. The lowest BCUT2D eigenvalue weighted by Crippen LogP contribution is -1.95. The molecule has 7 heteroatoms. The van der Waals surface area contributed by atoms with Gasteiger partial charge in [-0.1, -0.05) is 5.16 Å². The van der Waals surface area contributed by atoms with E-state index in [2.05, 4.69) is 20.1 Å². The van der Waals surface area contributed by atoms with Crippen molar-refractivity contribution in [3.63, 3.8) is 0 Å². The molecule has 4 aromatic rings. The topological polar surface area (TPSA) is 95.7 Å². The number of hydrogen-bond donors (Lipinski definition) is 1. The Morgan fingerprint density at radius 1 is 1.19 bits per heavy atom. The highest BCUT2D eigenvalue weighted by atomic mass is 16.5. The molecule has 4 aromatic heterocycles. The number of fused-ring (bicyclic) bond motifs is 1. The van der Waals surface area contributed by atoms with Gasteiger partial charge < -0.3 is 10.3 Å². The monoisotopic (exact) mass is 278 g/mol. The average molecular weight is 278 g/mol. The molecule has 21 heavy (non-hydrogen) atoms. The lowest BCUT2D eigenvalue weighted by atomic mass is 10.2. The van der Waals surface area contributed by atoms with Crippen molar-refractivity contribution in [2.75, 3.05) is 5.73 Å². The second-order valence-corrected chi connectivity index (χ2v) is 4.49. The third-order valence-electron chi connectivity index (χ3n) is 3.15. The highest BCUT2D eigenvalue weighted by Crippen LogP contribution is 2.22. The molecule has 0 bridgehead atoms. The Morgan fingerprint density at radius 3 is 3.00 bits per heavy atom. The van der Waals surface area contributed by atoms with Crippen LogP contribution in [0.3, 0.4) is 0 Å². The predicted molar refractivity (Wildman–Crippen MR) is 76.6 cm³/mol. The molecule has 0 aromatic carbocycles. The van der Waals surface area contributed by atoms with Crippen LogP contribution in [0.5, 0.6) is 0 Å². The number of aromatic nitrogens is 5. The number of nitrogens with two attached hydrogens (primary N) is 1. The molecule has 0 aliphatic carbocycles. The van der Waals surface area contributed by atoms with Crippen molar-refractivity contribution >= 4 is 17.0 Å². The van der Waals surface area contributed by atoms with E-state index in [4.69, 9.17) is 10.3 Å². The largest absolute Gasteiger partial charge is 0.351 e. The molecule has 0 spiro atoms.